The van der Waals surface area contributed by atoms with Gasteiger partial charge in [0.2, 0.25) is 5.90 Å². The van der Waals surface area contributed by atoms with E-state index in [4.69, 9.17) is 9.84 Å². The predicted molar refractivity (Wildman–Crippen MR) is 83.8 cm³/mol. The molecule has 0 radical (unpaired) electrons. The van der Waals surface area contributed by atoms with Crippen LogP contribution in [-0.4, -0.2) is 40.6 Å². The molecule has 1 heterocycles. The van der Waals surface area contributed by atoms with Crippen LogP contribution in [0.3, 0.4) is 0 Å². The number of aromatic nitrogens is 1. The number of carboxylic acids is 1. The number of carboxylic acid groups (broad SMARTS) is 1. The van der Waals surface area contributed by atoms with Crippen molar-refractivity contribution in [1.82, 2.24) is 9.99 Å². The molecule has 0 aliphatic carbocycles. The Bertz CT molecular complexity index is 513. The van der Waals surface area contributed by atoms with Crippen LogP contribution in [0.15, 0.2) is 30.0 Å². The highest BCUT2D eigenvalue weighted by molar-refractivity contribution is 5.77. The summed E-state index contributed by atoms with van der Waals surface area (Å²) in [6.45, 7) is 11.0. The van der Waals surface area contributed by atoms with Crippen LogP contribution in [0.25, 0.3) is 5.70 Å². The van der Waals surface area contributed by atoms with Gasteiger partial charge in [0.15, 0.2) is 6.61 Å². The molecular weight excluding hydrogens is 270 g/mol. The fraction of sp³-hybridized carbons (Fsp3) is 0.400. The summed E-state index contributed by atoms with van der Waals surface area (Å²) in [7, 11) is 1.71. The second-order valence-corrected chi connectivity index (χ2v) is 3.96. The molecule has 6 nitrogen and oxygen atoms in total. The molecule has 0 bridgehead atoms. The number of hydrazone groups is 1. The van der Waals surface area contributed by atoms with Crippen molar-refractivity contribution in [2.45, 2.75) is 27.7 Å². The molecule has 0 atom stereocenters. The predicted octanol–water partition coefficient (Wildman–Crippen LogP) is 2.75. The van der Waals surface area contributed by atoms with Gasteiger partial charge in [-0.2, -0.15) is 0 Å². The molecule has 0 saturated heterocycles. The van der Waals surface area contributed by atoms with Gasteiger partial charge < -0.3 is 9.84 Å². The molecule has 1 aromatic heterocycles. The third kappa shape index (κ3) is 7.10. The van der Waals surface area contributed by atoms with E-state index < -0.39 is 12.6 Å². The van der Waals surface area contributed by atoms with Gasteiger partial charge in [0.05, 0.1) is 5.70 Å². The maximum absolute atomic E-state index is 10.4. The van der Waals surface area contributed by atoms with Gasteiger partial charge in [-0.25, -0.2) is 4.79 Å². The van der Waals surface area contributed by atoms with Crippen molar-refractivity contribution in [3.8, 4) is 0 Å². The standard InChI is InChI=1S/C13H17N3O3.C2H6/c1-9-7-12(5-6-14-9)10(2)16(4)15-11(3)19-8-13(17)18;1-2/h5-7H,2,8H2,1,3-4H3,(H,17,18);1-2H3/b15-11+;. The molecule has 116 valence electrons. The lowest BCUT2D eigenvalue weighted by molar-refractivity contribution is -0.139. The Morgan fingerprint density at radius 1 is 1.52 bits per heavy atom. The number of aliphatic carboxylic acids is 1. The van der Waals surface area contributed by atoms with E-state index in [2.05, 4.69) is 16.7 Å². The third-order valence-electron chi connectivity index (χ3n) is 2.32. The molecule has 1 N–H and O–H groups in total. The normalized spacial score (nSPS) is 10.2. The summed E-state index contributed by atoms with van der Waals surface area (Å²) in [6, 6.07) is 3.72. The molecule has 0 aliphatic heterocycles. The number of nitrogens with zero attached hydrogens (tertiary/aromatic N) is 3. The van der Waals surface area contributed by atoms with Crippen molar-refractivity contribution in [1.29, 1.82) is 0 Å². The van der Waals surface area contributed by atoms with Crippen LogP contribution < -0.4 is 0 Å². The van der Waals surface area contributed by atoms with Crippen LogP contribution in [0.1, 0.15) is 32.0 Å². The van der Waals surface area contributed by atoms with Gasteiger partial charge in [-0.05, 0) is 19.1 Å². The first-order valence-corrected chi connectivity index (χ1v) is 6.65. The van der Waals surface area contributed by atoms with Gasteiger partial charge >= 0.3 is 5.97 Å². The smallest absolute Gasteiger partial charge is 0.341 e. The summed E-state index contributed by atoms with van der Waals surface area (Å²) < 4.78 is 4.94. The first kappa shape index (κ1) is 18.6. The van der Waals surface area contributed by atoms with E-state index in [1.165, 1.54) is 5.01 Å². The summed E-state index contributed by atoms with van der Waals surface area (Å²) in [5.74, 6) is -0.780. The van der Waals surface area contributed by atoms with E-state index in [-0.39, 0.29) is 5.90 Å². The largest absolute Gasteiger partial charge is 0.479 e. The highest BCUT2D eigenvalue weighted by Crippen LogP contribution is 2.16. The van der Waals surface area contributed by atoms with Gasteiger partial charge in [-0.15, -0.1) is 5.10 Å². The van der Waals surface area contributed by atoms with Crippen LogP contribution in [0.5, 0.6) is 0 Å². The first-order valence-electron chi connectivity index (χ1n) is 6.65. The minimum Gasteiger partial charge on any atom is -0.479 e. The zero-order valence-corrected chi connectivity index (χ0v) is 13.3. The SMILES string of the molecule is C=C(c1ccnc(C)c1)N(C)/N=C(\C)OCC(=O)O.CC. The minimum atomic E-state index is -1.04. The zero-order chi connectivity index (χ0) is 16.4. The molecule has 0 aliphatic rings. The number of pyridine rings is 1. The summed E-state index contributed by atoms with van der Waals surface area (Å²) in [4.78, 5) is 14.5. The summed E-state index contributed by atoms with van der Waals surface area (Å²) >= 11 is 0. The number of rotatable bonds is 5. The van der Waals surface area contributed by atoms with Crippen LogP contribution in [0, 0.1) is 6.92 Å². The molecule has 1 aromatic rings. The number of hydrogen-bond acceptors (Lipinski definition) is 5. The van der Waals surface area contributed by atoms with Gasteiger partial charge in [0.1, 0.15) is 0 Å². The van der Waals surface area contributed by atoms with Gasteiger partial charge in [-0.1, -0.05) is 20.4 Å². The molecular formula is C15H23N3O3. The van der Waals surface area contributed by atoms with E-state index in [0.717, 1.165) is 11.3 Å². The molecule has 0 fully saturated rings. The van der Waals surface area contributed by atoms with Crippen LogP contribution >= 0.6 is 0 Å². The van der Waals surface area contributed by atoms with Crippen molar-refractivity contribution < 1.29 is 14.6 Å². The Hall–Kier alpha value is -2.37. The van der Waals surface area contributed by atoms with E-state index in [1.807, 2.05) is 32.9 Å². The third-order valence-corrected chi connectivity index (χ3v) is 2.32. The fourth-order valence-corrected chi connectivity index (χ4v) is 1.38. The minimum absolute atomic E-state index is 0.261. The first-order chi connectivity index (χ1) is 9.90. The van der Waals surface area contributed by atoms with Crippen LogP contribution in [0.2, 0.25) is 0 Å². The van der Waals surface area contributed by atoms with Gasteiger partial charge in [0.25, 0.3) is 0 Å². The van der Waals surface area contributed by atoms with Crippen molar-refractivity contribution in [2.24, 2.45) is 5.10 Å². The summed E-state index contributed by atoms with van der Waals surface area (Å²) in [6.07, 6.45) is 1.70. The highest BCUT2D eigenvalue weighted by Gasteiger charge is 2.06. The second-order valence-electron chi connectivity index (χ2n) is 3.96. The highest BCUT2D eigenvalue weighted by atomic mass is 16.5. The Labute approximate surface area is 125 Å². The van der Waals surface area contributed by atoms with E-state index in [9.17, 15) is 4.79 Å². The molecule has 1 rings (SSSR count). The van der Waals surface area contributed by atoms with Crippen molar-refractivity contribution in [2.75, 3.05) is 13.7 Å². The lowest BCUT2D eigenvalue weighted by Crippen LogP contribution is -2.16. The fourth-order valence-electron chi connectivity index (χ4n) is 1.38. The van der Waals surface area contributed by atoms with Gasteiger partial charge in [0, 0.05) is 31.4 Å². The Morgan fingerprint density at radius 3 is 2.67 bits per heavy atom. The Balaban J connectivity index is 0.00000191. The lowest BCUT2D eigenvalue weighted by Gasteiger charge is -2.17. The van der Waals surface area contributed by atoms with Gasteiger partial charge in [-0.3, -0.25) is 9.99 Å². The maximum atomic E-state index is 10.4. The number of hydrogen-bond donors (Lipinski definition) is 1. The molecule has 21 heavy (non-hydrogen) atoms. The summed E-state index contributed by atoms with van der Waals surface area (Å²) in [5, 5.41) is 14.1. The molecule has 6 heteroatoms. The van der Waals surface area contributed by atoms with Crippen LogP contribution in [0.4, 0.5) is 0 Å². The molecule has 0 saturated carbocycles. The molecule has 0 amide bonds. The molecule has 0 spiro atoms. The number of aryl methyl sites for hydroxylation is 1. The molecule has 0 unspecified atom stereocenters. The van der Waals surface area contributed by atoms with E-state index >= 15 is 0 Å². The second kappa shape index (κ2) is 9.52. The average molecular weight is 293 g/mol. The van der Waals surface area contributed by atoms with Crippen molar-refractivity contribution in [3.63, 3.8) is 0 Å². The average Bonchev–Trinajstić information content (AvgIpc) is 2.46. The van der Waals surface area contributed by atoms with Crippen molar-refractivity contribution >= 4 is 17.6 Å². The zero-order valence-electron chi connectivity index (χ0n) is 13.3. The van der Waals surface area contributed by atoms with Crippen molar-refractivity contribution in [3.05, 3.63) is 36.2 Å². The lowest BCUT2D eigenvalue weighted by atomic mass is 10.2. The van der Waals surface area contributed by atoms with E-state index in [1.54, 1.807) is 20.2 Å². The van der Waals surface area contributed by atoms with Crippen LogP contribution in [-0.2, 0) is 9.53 Å². The topological polar surface area (TPSA) is 75.0 Å². The quantitative estimate of drug-likeness (QED) is 0.513. The number of carbonyl (C=O) groups is 1. The number of ether oxygens (including phenoxy) is 1. The Morgan fingerprint density at radius 2 is 2.14 bits per heavy atom. The van der Waals surface area contributed by atoms with E-state index in [0.29, 0.717) is 5.70 Å². The Kier molecular flexibility index (Phi) is 8.45. The monoisotopic (exact) mass is 293 g/mol. The summed E-state index contributed by atoms with van der Waals surface area (Å²) in [5.41, 5.74) is 2.45. The molecule has 0 aromatic carbocycles. The maximum Gasteiger partial charge on any atom is 0.341 e.